The number of hydrogen-bond donors (Lipinski definition) is 3. The summed E-state index contributed by atoms with van der Waals surface area (Å²) in [7, 11) is 1.47. The van der Waals surface area contributed by atoms with E-state index < -0.39 is 11.8 Å². The van der Waals surface area contributed by atoms with Crippen LogP contribution in [0.25, 0.3) is 0 Å². The van der Waals surface area contributed by atoms with Gasteiger partial charge < -0.3 is 20.1 Å². The van der Waals surface area contributed by atoms with Gasteiger partial charge >= 0.3 is 11.8 Å². The molecule has 0 heterocycles. The van der Waals surface area contributed by atoms with Crippen LogP contribution in [-0.2, 0) is 20.8 Å². The first kappa shape index (κ1) is 26.0. The van der Waals surface area contributed by atoms with Crippen LogP contribution < -0.4 is 25.5 Å². The standard InChI is InChI=1S/C27H28N4O5/c1-4-19-11-6-8-14-22(19)30-26(33)27(34)31-28-16-20-12-9-15-23(35-3)25(20)36-17-24(32)29-21-13-7-5-10-18(21)2/h5-16H,4,17H2,1-3H3,(H,29,32)(H,30,33)(H,31,34)/b28-16-. The highest BCUT2D eigenvalue weighted by molar-refractivity contribution is 6.39. The lowest BCUT2D eigenvalue weighted by Gasteiger charge is -2.13. The van der Waals surface area contributed by atoms with Crippen molar-refractivity contribution in [2.75, 3.05) is 24.4 Å². The zero-order valence-corrected chi connectivity index (χ0v) is 20.3. The summed E-state index contributed by atoms with van der Waals surface area (Å²) >= 11 is 0. The van der Waals surface area contributed by atoms with Crippen LogP contribution in [0, 0.1) is 6.92 Å². The van der Waals surface area contributed by atoms with Crippen molar-refractivity contribution < 1.29 is 23.9 Å². The van der Waals surface area contributed by atoms with Crippen molar-refractivity contribution in [3.05, 3.63) is 83.4 Å². The molecule has 0 aliphatic rings. The average molecular weight is 489 g/mol. The lowest BCUT2D eigenvalue weighted by Crippen LogP contribution is -2.32. The minimum absolute atomic E-state index is 0.263. The number of aryl methyl sites for hydroxylation is 2. The molecule has 3 aromatic carbocycles. The lowest BCUT2D eigenvalue weighted by atomic mass is 10.1. The summed E-state index contributed by atoms with van der Waals surface area (Å²) in [5.74, 6) is -1.49. The first-order valence-electron chi connectivity index (χ1n) is 11.3. The minimum Gasteiger partial charge on any atom is -0.493 e. The molecule has 0 aromatic heterocycles. The van der Waals surface area contributed by atoms with E-state index >= 15 is 0 Å². The predicted octanol–water partition coefficient (Wildman–Crippen LogP) is 3.67. The molecule has 36 heavy (non-hydrogen) atoms. The molecule has 0 aliphatic carbocycles. The molecule has 0 aliphatic heterocycles. The quantitative estimate of drug-likeness (QED) is 0.241. The fraction of sp³-hybridized carbons (Fsp3) is 0.185. The third kappa shape index (κ3) is 6.92. The van der Waals surface area contributed by atoms with Crippen molar-refractivity contribution >= 4 is 35.3 Å². The highest BCUT2D eigenvalue weighted by Gasteiger charge is 2.15. The third-order valence-electron chi connectivity index (χ3n) is 5.22. The highest BCUT2D eigenvalue weighted by atomic mass is 16.5. The van der Waals surface area contributed by atoms with Gasteiger partial charge in [0.2, 0.25) is 0 Å². The topological polar surface area (TPSA) is 118 Å². The molecule has 9 heteroatoms. The molecule has 3 aromatic rings. The molecule has 186 valence electrons. The van der Waals surface area contributed by atoms with E-state index in [1.54, 1.807) is 36.4 Å². The minimum atomic E-state index is -0.930. The van der Waals surface area contributed by atoms with Crippen molar-refractivity contribution in [3.8, 4) is 11.5 Å². The number of nitrogens with zero attached hydrogens (tertiary/aromatic N) is 1. The number of anilines is 2. The van der Waals surface area contributed by atoms with Crippen LogP contribution in [0.5, 0.6) is 11.5 Å². The normalized spacial score (nSPS) is 10.5. The second-order valence-electron chi connectivity index (χ2n) is 7.69. The zero-order valence-electron chi connectivity index (χ0n) is 20.3. The second-order valence-corrected chi connectivity index (χ2v) is 7.69. The molecule has 0 saturated heterocycles. The number of hydrazone groups is 1. The van der Waals surface area contributed by atoms with Gasteiger partial charge in [0.1, 0.15) is 0 Å². The number of methoxy groups -OCH3 is 1. The van der Waals surface area contributed by atoms with Gasteiger partial charge in [-0.15, -0.1) is 0 Å². The molecule has 9 nitrogen and oxygen atoms in total. The molecule has 0 bridgehead atoms. The van der Waals surface area contributed by atoms with E-state index in [0.29, 0.717) is 29.1 Å². The number of ether oxygens (including phenoxy) is 2. The molecule has 0 atom stereocenters. The van der Waals surface area contributed by atoms with Gasteiger partial charge in [-0.25, -0.2) is 5.43 Å². The van der Waals surface area contributed by atoms with Crippen LogP contribution in [0.2, 0.25) is 0 Å². The molecule has 0 saturated carbocycles. The molecule has 3 amide bonds. The number of para-hydroxylation sites is 3. The Morgan fingerprint density at radius 3 is 2.33 bits per heavy atom. The maximum Gasteiger partial charge on any atom is 0.329 e. The highest BCUT2D eigenvalue weighted by Crippen LogP contribution is 2.30. The Hall–Kier alpha value is -4.66. The van der Waals surface area contributed by atoms with E-state index in [1.807, 2.05) is 44.2 Å². The Balaban J connectivity index is 1.63. The smallest absolute Gasteiger partial charge is 0.329 e. The maximum atomic E-state index is 12.4. The Labute approximate surface area is 209 Å². The molecule has 3 rings (SSSR count). The summed E-state index contributed by atoms with van der Waals surface area (Å²) in [5, 5.41) is 9.25. The van der Waals surface area contributed by atoms with Crippen molar-refractivity contribution in [3.63, 3.8) is 0 Å². The van der Waals surface area contributed by atoms with E-state index in [4.69, 9.17) is 9.47 Å². The van der Waals surface area contributed by atoms with Gasteiger partial charge in [0, 0.05) is 16.9 Å². The van der Waals surface area contributed by atoms with Crippen LogP contribution in [0.15, 0.2) is 71.8 Å². The summed E-state index contributed by atoms with van der Waals surface area (Å²) in [4.78, 5) is 36.9. The van der Waals surface area contributed by atoms with Crippen LogP contribution in [0.1, 0.15) is 23.6 Å². The van der Waals surface area contributed by atoms with Gasteiger partial charge in [0.15, 0.2) is 18.1 Å². The number of benzene rings is 3. The van der Waals surface area contributed by atoms with E-state index in [9.17, 15) is 14.4 Å². The number of carbonyl (C=O) groups excluding carboxylic acids is 3. The average Bonchev–Trinajstić information content (AvgIpc) is 2.89. The summed E-state index contributed by atoms with van der Waals surface area (Å²) < 4.78 is 11.1. The molecular formula is C27H28N4O5. The summed E-state index contributed by atoms with van der Waals surface area (Å²) in [6.45, 7) is 3.57. The van der Waals surface area contributed by atoms with Crippen molar-refractivity contribution in [2.24, 2.45) is 5.10 Å². The molecule has 0 unspecified atom stereocenters. The fourth-order valence-corrected chi connectivity index (χ4v) is 3.33. The first-order chi connectivity index (χ1) is 17.4. The van der Waals surface area contributed by atoms with Crippen LogP contribution in [0.3, 0.4) is 0 Å². The molecule has 0 radical (unpaired) electrons. The Bertz CT molecular complexity index is 1270. The van der Waals surface area contributed by atoms with Gasteiger partial charge in [-0.3, -0.25) is 14.4 Å². The third-order valence-corrected chi connectivity index (χ3v) is 5.22. The molecule has 0 spiro atoms. The van der Waals surface area contributed by atoms with Crippen LogP contribution >= 0.6 is 0 Å². The van der Waals surface area contributed by atoms with E-state index in [1.165, 1.54) is 13.3 Å². The Morgan fingerprint density at radius 1 is 0.889 bits per heavy atom. The summed E-state index contributed by atoms with van der Waals surface area (Å²) in [5.41, 5.74) is 5.73. The zero-order chi connectivity index (χ0) is 25.9. The predicted molar refractivity (Wildman–Crippen MR) is 138 cm³/mol. The summed E-state index contributed by atoms with van der Waals surface area (Å²) in [6, 6.07) is 19.7. The van der Waals surface area contributed by atoms with Gasteiger partial charge in [0.25, 0.3) is 5.91 Å². The molecule has 0 fully saturated rings. The maximum absolute atomic E-state index is 12.4. The van der Waals surface area contributed by atoms with Gasteiger partial charge in [0.05, 0.1) is 13.3 Å². The van der Waals surface area contributed by atoms with E-state index in [0.717, 1.165) is 11.1 Å². The number of carbonyl (C=O) groups is 3. The number of hydrogen-bond acceptors (Lipinski definition) is 6. The largest absolute Gasteiger partial charge is 0.493 e. The van der Waals surface area contributed by atoms with Crippen molar-refractivity contribution in [1.29, 1.82) is 0 Å². The molecular weight excluding hydrogens is 460 g/mol. The Kier molecular flexibility index (Phi) is 9.16. The van der Waals surface area contributed by atoms with E-state index in [2.05, 4.69) is 21.2 Å². The SMILES string of the molecule is CCc1ccccc1NC(=O)C(=O)N/N=C\c1cccc(OC)c1OCC(=O)Nc1ccccc1C. The van der Waals surface area contributed by atoms with Crippen LogP contribution in [-0.4, -0.2) is 37.7 Å². The van der Waals surface area contributed by atoms with Gasteiger partial charge in [-0.1, -0.05) is 49.4 Å². The van der Waals surface area contributed by atoms with Crippen molar-refractivity contribution in [1.82, 2.24) is 5.43 Å². The number of rotatable bonds is 9. The number of amides is 3. The van der Waals surface area contributed by atoms with Crippen molar-refractivity contribution in [2.45, 2.75) is 20.3 Å². The lowest BCUT2D eigenvalue weighted by molar-refractivity contribution is -0.136. The monoisotopic (exact) mass is 488 g/mol. The van der Waals surface area contributed by atoms with Gasteiger partial charge in [-0.2, -0.15) is 5.10 Å². The summed E-state index contributed by atoms with van der Waals surface area (Å²) in [6.07, 6.45) is 2.01. The second kappa shape index (κ2) is 12.7. The first-order valence-corrected chi connectivity index (χ1v) is 11.3. The van der Waals surface area contributed by atoms with E-state index in [-0.39, 0.29) is 18.3 Å². The van der Waals surface area contributed by atoms with Crippen LogP contribution in [0.4, 0.5) is 11.4 Å². The Morgan fingerprint density at radius 2 is 1.61 bits per heavy atom. The fourth-order valence-electron chi connectivity index (χ4n) is 3.33. The molecule has 3 N–H and O–H groups in total. The van der Waals surface area contributed by atoms with Gasteiger partial charge in [-0.05, 0) is 48.7 Å². The number of nitrogens with one attached hydrogen (secondary N) is 3.